The molecule has 2 rings (SSSR count). The third-order valence-corrected chi connectivity index (χ3v) is 3.32. The van der Waals surface area contributed by atoms with Gasteiger partial charge in [-0.1, -0.05) is 0 Å². The molecule has 1 amide bonds. The molecule has 17 heavy (non-hydrogen) atoms. The number of hydrogen-bond acceptors (Lipinski definition) is 3. The average Bonchev–Trinajstić information content (AvgIpc) is 2.76. The van der Waals surface area contributed by atoms with Gasteiger partial charge in [0.15, 0.2) is 0 Å². The van der Waals surface area contributed by atoms with E-state index in [1.807, 2.05) is 18.9 Å². The lowest BCUT2D eigenvalue weighted by Gasteiger charge is -2.17. The first-order valence-corrected chi connectivity index (χ1v) is 5.88. The number of hydrogen-bond donors (Lipinski definition) is 2. The number of carbonyl (C=O) groups is 1. The molecule has 0 bridgehead atoms. The molecule has 4 heteroatoms. The highest BCUT2D eigenvalue weighted by atomic mass is 16.3. The summed E-state index contributed by atoms with van der Waals surface area (Å²) in [6.45, 7) is 3.40. The molecule has 92 valence electrons. The number of likely N-dealkylation sites (tertiary alicyclic amines) is 1. The van der Waals surface area contributed by atoms with E-state index in [0.717, 1.165) is 25.1 Å². The van der Waals surface area contributed by atoms with E-state index in [1.54, 1.807) is 18.2 Å². The largest absolute Gasteiger partial charge is 0.508 e. The minimum absolute atomic E-state index is 0.0558. The lowest BCUT2D eigenvalue weighted by atomic mass is 10.1. The summed E-state index contributed by atoms with van der Waals surface area (Å²) >= 11 is 0. The first-order chi connectivity index (χ1) is 8.11. The Kier molecular flexibility index (Phi) is 3.33. The van der Waals surface area contributed by atoms with Gasteiger partial charge in [0.2, 0.25) is 0 Å². The third kappa shape index (κ3) is 2.42. The number of nitrogens with one attached hydrogen (secondary N) is 1. The molecular weight excluding hydrogens is 216 g/mol. The number of phenols is 1. The Morgan fingerprint density at radius 1 is 1.53 bits per heavy atom. The molecule has 1 heterocycles. The molecule has 1 aromatic carbocycles. The van der Waals surface area contributed by atoms with E-state index >= 15 is 0 Å². The van der Waals surface area contributed by atoms with Crippen LogP contribution in [0.1, 0.15) is 22.3 Å². The lowest BCUT2D eigenvalue weighted by Crippen LogP contribution is -2.33. The molecule has 0 spiro atoms. The van der Waals surface area contributed by atoms with Crippen LogP contribution in [0.15, 0.2) is 18.2 Å². The molecule has 1 aliphatic rings. The van der Waals surface area contributed by atoms with Gasteiger partial charge in [-0.15, -0.1) is 0 Å². The van der Waals surface area contributed by atoms with Gasteiger partial charge >= 0.3 is 0 Å². The van der Waals surface area contributed by atoms with Gasteiger partial charge < -0.3 is 15.3 Å². The number of phenolic OH excluding ortho intramolecular Hbond substituents is 1. The van der Waals surface area contributed by atoms with Crippen molar-refractivity contribution in [3.8, 4) is 5.75 Å². The highest BCUT2D eigenvalue weighted by molar-refractivity contribution is 5.96. The van der Waals surface area contributed by atoms with Crippen molar-refractivity contribution < 1.29 is 9.90 Å². The molecule has 4 nitrogen and oxygen atoms in total. The van der Waals surface area contributed by atoms with Gasteiger partial charge in [0, 0.05) is 24.7 Å². The number of likely N-dealkylation sites (N-methyl/N-ethyl adjacent to an activating group) is 1. The third-order valence-electron chi connectivity index (χ3n) is 3.32. The second-order valence-electron chi connectivity index (χ2n) is 4.52. The van der Waals surface area contributed by atoms with E-state index < -0.39 is 0 Å². The second-order valence-corrected chi connectivity index (χ2v) is 4.52. The molecule has 1 aliphatic heterocycles. The van der Waals surface area contributed by atoms with E-state index in [2.05, 4.69) is 5.32 Å². The lowest BCUT2D eigenvalue weighted by molar-refractivity contribution is 0.0789. The highest BCUT2D eigenvalue weighted by Gasteiger charge is 2.26. The molecular formula is C13H18N2O2. The summed E-state index contributed by atoms with van der Waals surface area (Å²) in [5.41, 5.74) is 1.50. The smallest absolute Gasteiger partial charge is 0.254 e. The van der Waals surface area contributed by atoms with Gasteiger partial charge in [-0.25, -0.2) is 0 Å². The molecule has 2 N–H and O–H groups in total. The average molecular weight is 234 g/mol. The van der Waals surface area contributed by atoms with Crippen molar-refractivity contribution in [1.82, 2.24) is 10.2 Å². The Morgan fingerprint density at radius 3 is 2.88 bits per heavy atom. The number of aryl methyl sites for hydroxylation is 1. The summed E-state index contributed by atoms with van der Waals surface area (Å²) in [4.78, 5) is 14.1. The molecule has 0 saturated carbocycles. The summed E-state index contributed by atoms with van der Waals surface area (Å²) in [6.07, 6.45) is 0.999. The van der Waals surface area contributed by atoms with Crippen LogP contribution in [-0.4, -0.2) is 42.1 Å². The number of benzene rings is 1. The SMILES string of the molecule is CNC1CCN(C(=O)c2ccc(O)cc2C)C1. The molecule has 1 aromatic rings. The van der Waals surface area contributed by atoms with Gasteiger partial charge in [0.25, 0.3) is 5.91 Å². The van der Waals surface area contributed by atoms with Crippen molar-refractivity contribution in [3.05, 3.63) is 29.3 Å². The topological polar surface area (TPSA) is 52.6 Å². The quantitative estimate of drug-likeness (QED) is 0.806. The number of rotatable bonds is 2. The summed E-state index contributed by atoms with van der Waals surface area (Å²) in [7, 11) is 1.92. The first kappa shape index (κ1) is 11.9. The zero-order chi connectivity index (χ0) is 12.4. The van der Waals surface area contributed by atoms with Crippen molar-refractivity contribution in [3.63, 3.8) is 0 Å². The predicted octanol–water partition coefficient (Wildman–Crippen LogP) is 1.13. The van der Waals surface area contributed by atoms with Crippen molar-refractivity contribution in [1.29, 1.82) is 0 Å². The zero-order valence-electron chi connectivity index (χ0n) is 10.2. The summed E-state index contributed by atoms with van der Waals surface area (Å²) in [5.74, 6) is 0.258. The normalized spacial score (nSPS) is 19.6. The fourth-order valence-electron chi connectivity index (χ4n) is 2.24. The van der Waals surface area contributed by atoms with Gasteiger partial charge in [-0.05, 0) is 44.2 Å². The van der Waals surface area contributed by atoms with Crippen molar-refractivity contribution in [2.75, 3.05) is 20.1 Å². The van der Waals surface area contributed by atoms with Crippen LogP contribution in [0, 0.1) is 6.92 Å². The summed E-state index contributed by atoms with van der Waals surface area (Å²) in [5, 5.41) is 12.5. The number of carbonyl (C=O) groups excluding carboxylic acids is 1. The van der Waals surface area contributed by atoms with Crippen LogP contribution < -0.4 is 5.32 Å². The zero-order valence-corrected chi connectivity index (χ0v) is 10.2. The van der Waals surface area contributed by atoms with Crippen LogP contribution in [0.4, 0.5) is 0 Å². The van der Waals surface area contributed by atoms with Gasteiger partial charge in [0.1, 0.15) is 5.75 Å². The van der Waals surface area contributed by atoms with Crippen molar-refractivity contribution >= 4 is 5.91 Å². The van der Waals surface area contributed by atoms with E-state index in [0.29, 0.717) is 11.6 Å². The van der Waals surface area contributed by atoms with E-state index in [-0.39, 0.29) is 11.7 Å². The Bertz CT molecular complexity index is 431. The second kappa shape index (κ2) is 4.75. The molecule has 1 atom stereocenters. The Labute approximate surface area is 101 Å². The van der Waals surface area contributed by atoms with E-state index in [4.69, 9.17) is 0 Å². The van der Waals surface area contributed by atoms with Crippen molar-refractivity contribution in [2.24, 2.45) is 0 Å². The Balaban J connectivity index is 2.15. The van der Waals surface area contributed by atoms with E-state index in [9.17, 15) is 9.90 Å². The maximum atomic E-state index is 12.3. The standard InChI is InChI=1S/C13H18N2O2/c1-9-7-11(16)3-4-12(9)13(17)15-6-5-10(8-15)14-2/h3-4,7,10,14,16H,5-6,8H2,1-2H3. The van der Waals surface area contributed by atoms with Gasteiger partial charge in [-0.3, -0.25) is 4.79 Å². The van der Waals surface area contributed by atoms with Crippen LogP contribution in [0.2, 0.25) is 0 Å². The molecule has 1 fully saturated rings. The number of amides is 1. The van der Waals surface area contributed by atoms with Crippen LogP contribution in [0.5, 0.6) is 5.75 Å². The molecule has 1 unspecified atom stereocenters. The van der Waals surface area contributed by atoms with Crippen LogP contribution in [0.3, 0.4) is 0 Å². The molecule has 0 aliphatic carbocycles. The van der Waals surface area contributed by atoms with Crippen LogP contribution in [0.25, 0.3) is 0 Å². The molecule has 1 saturated heterocycles. The van der Waals surface area contributed by atoms with Gasteiger partial charge in [-0.2, -0.15) is 0 Å². The fraction of sp³-hybridized carbons (Fsp3) is 0.462. The molecule has 0 radical (unpaired) electrons. The Morgan fingerprint density at radius 2 is 2.29 bits per heavy atom. The monoisotopic (exact) mass is 234 g/mol. The summed E-state index contributed by atoms with van der Waals surface area (Å²) < 4.78 is 0. The minimum Gasteiger partial charge on any atom is -0.508 e. The summed E-state index contributed by atoms with van der Waals surface area (Å²) in [6, 6.07) is 5.28. The maximum Gasteiger partial charge on any atom is 0.254 e. The van der Waals surface area contributed by atoms with Crippen molar-refractivity contribution in [2.45, 2.75) is 19.4 Å². The number of aromatic hydroxyl groups is 1. The maximum absolute atomic E-state index is 12.3. The first-order valence-electron chi connectivity index (χ1n) is 5.88. The predicted molar refractivity (Wildman–Crippen MR) is 66.2 cm³/mol. The van der Waals surface area contributed by atoms with E-state index in [1.165, 1.54) is 0 Å². The number of nitrogens with zero attached hydrogens (tertiary/aromatic N) is 1. The highest BCUT2D eigenvalue weighted by Crippen LogP contribution is 2.19. The fourth-order valence-corrected chi connectivity index (χ4v) is 2.24. The minimum atomic E-state index is 0.0558. The molecule has 0 aromatic heterocycles. The van der Waals surface area contributed by atoms with Crippen LogP contribution in [-0.2, 0) is 0 Å². The van der Waals surface area contributed by atoms with Crippen LogP contribution >= 0.6 is 0 Å². The Hall–Kier alpha value is -1.55. The van der Waals surface area contributed by atoms with Gasteiger partial charge in [0.05, 0.1) is 0 Å².